The fourth-order valence-corrected chi connectivity index (χ4v) is 5.36. The number of carboxylic acids is 2. The van der Waals surface area contributed by atoms with Crippen molar-refractivity contribution in [1.29, 1.82) is 0 Å². The number of guanidine groups is 2. The number of hydrogen-bond acceptors (Lipinski definition) is 8. The Kier molecular flexibility index (Phi) is 37.2. The number of primary amides is 1. The van der Waals surface area contributed by atoms with Crippen molar-refractivity contribution in [2.45, 2.75) is 173 Å². The van der Waals surface area contributed by atoms with E-state index in [1.807, 2.05) is 0 Å². The van der Waals surface area contributed by atoms with Crippen molar-refractivity contribution in [3.05, 3.63) is 0 Å². The molecule has 4 amide bonds. The molecule has 0 saturated carbocycles. The van der Waals surface area contributed by atoms with Gasteiger partial charge >= 0.3 is 24.3 Å². The van der Waals surface area contributed by atoms with Crippen molar-refractivity contribution in [3.8, 4) is 0 Å². The summed E-state index contributed by atoms with van der Waals surface area (Å²) in [6.45, 7) is 2.50. The Labute approximate surface area is 359 Å². The summed E-state index contributed by atoms with van der Waals surface area (Å²) in [6.07, 6.45) is 12.9. The summed E-state index contributed by atoms with van der Waals surface area (Å²) in [6, 6.07) is -1.97. The van der Waals surface area contributed by atoms with Gasteiger partial charge in [0.05, 0.1) is 6.54 Å². The molecule has 0 aliphatic rings. The van der Waals surface area contributed by atoms with Gasteiger partial charge in [0.15, 0.2) is 11.9 Å². The van der Waals surface area contributed by atoms with Crippen LogP contribution in [-0.4, -0.2) is 102 Å². The largest absolute Gasteiger partial charge is 0.490 e. The summed E-state index contributed by atoms with van der Waals surface area (Å²) in [7, 11) is 0. The standard InChI is InChI=1S/C34H68N10O4.2C2HF3O2/c1-2-3-4-5-6-7-8-9-10-11-12-13-14-15-16-17-18-23-29(45)42-26-30(46)43-28(22-20-25-41-34(38)39)32(48)44-27(31(35)47)21-19-24-40-33(36)37;2*3-2(4,5)1(6)7/h27-28H,2-26H2,1H3,(H2,35,47)(H,42,45)(H,43,46)(H,44,48)(H4,36,37,40)(H4,38,39,41);2*(H,6,7)/t27-,28-;;/m0../s1. The molecule has 0 spiro atoms. The van der Waals surface area contributed by atoms with Crippen molar-refractivity contribution in [1.82, 2.24) is 16.0 Å². The third-order valence-electron chi connectivity index (χ3n) is 8.64. The van der Waals surface area contributed by atoms with Crippen LogP contribution in [0.25, 0.3) is 0 Å². The Morgan fingerprint density at radius 1 is 0.516 bits per heavy atom. The molecular formula is C38H70F6N10O8. The molecule has 0 rings (SSSR count). The number of alkyl halides is 6. The van der Waals surface area contributed by atoms with E-state index in [0.29, 0.717) is 19.3 Å². The van der Waals surface area contributed by atoms with Gasteiger partial charge in [-0.1, -0.05) is 110 Å². The average Bonchev–Trinajstić information content (AvgIpc) is 3.16. The van der Waals surface area contributed by atoms with Crippen molar-refractivity contribution < 1.29 is 65.3 Å². The lowest BCUT2D eigenvalue weighted by molar-refractivity contribution is -0.193. The number of amides is 4. The third kappa shape index (κ3) is 43.0. The molecule has 0 aliphatic carbocycles. The second-order valence-corrected chi connectivity index (χ2v) is 14.3. The van der Waals surface area contributed by atoms with Crippen molar-refractivity contribution in [2.24, 2.45) is 38.7 Å². The molecule has 62 heavy (non-hydrogen) atoms. The molecule has 0 aromatic carbocycles. The van der Waals surface area contributed by atoms with Gasteiger partial charge in [-0.15, -0.1) is 0 Å². The number of nitrogens with zero attached hydrogens (tertiary/aromatic N) is 2. The van der Waals surface area contributed by atoms with Crippen LogP contribution in [0, 0.1) is 0 Å². The highest BCUT2D eigenvalue weighted by molar-refractivity contribution is 5.92. The number of halogens is 6. The van der Waals surface area contributed by atoms with Crippen LogP contribution in [0.4, 0.5) is 26.3 Å². The first-order chi connectivity index (χ1) is 28.9. The Balaban J connectivity index is -0.00000211. The van der Waals surface area contributed by atoms with E-state index >= 15 is 0 Å². The minimum absolute atomic E-state index is 0.0782. The number of carbonyl (C=O) groups is 6. The number of nitrogens with one attached hydrogen (secondary N) is 3. The smallest absolute Gasteiger partial charge is 0.475 e. The number of hydrogen-bond donors (Lipinski definition) is 10. The van der Waals surface area contributed by atoms with Crippen molar-refractivity contribution in [2.75, 3.05) is 19.6 Å². The molecular weight excluding hydrogens is 838 g/mol. The molecule has 0 aliphatic heterocycles. The lowest BCUT2D eigenvalue weighted by atomic mass is 10.0. The van der Waals surface area contributed by atoms with Crippen LogP contribution in [0.5, 0.6) is 0 Å². The van der Waals surface area contributed by atoms with Crippen LogP contribution in [-0.2, 0) is 28.8 Å². The van der Waals surface area contributed by atoms with E-state index < -0.39 is 54.1 Å². The van der Waals surface area contributed by atoms with E-state index in [-0.39, 0.29) is 50.3 Å². The fraction of sp³-hybridized carbons (Fsp3) is 0.789. The summed E-state index contributed by atoms with van der Waals surface area (Å²) < 4.78 is 63.5. The quantitative estimate of drug-likeness (QED) is 0.0198. The predicted molar refractivity (Wildman–Crippen MR) is 222 cm³/mol. The molecule has 24 heteroatoms. The van der Waals surface area contributed by atoms with Gasteiger partial charge in [0, 0.05) is 19.5 Å². The van der Waals surface area contributed by atoms with Gasteiger partial charge in [-0.25, -0.2) is 9.59 Å². The van der Waals surface area contributed by atoms with E-state index in [1.165, 1.54) is 89.9 Å². The van der Waals surface area contributed by atoms with Crippen LogP contribution in [0.3, 0.4) is 0 Å². The van der Waals surface area contributed by atoms with E-state index in [2.05, 4.69) is 32.9 Å². The molecule has 0 heterocycles. The maximum Gasteiger partial charge on any atom is 0.490 e. The maximum atomic E-state index is 13.0. The lowest BCUT2D eigenvalue weighted by Gasteiger charge is -2.22. The molecule has 0 radical (unpaired) electrons. The van der Waals surface area contributed by atoms with Gasteiger partial charge in [0.1, 0.15) is 12.1 Å². The van der Waals surface area contributed by atoms with Gasteiger partial charge in [-0.3, -0.25) is 29.2 Å². The van der Waals surface area contributed by atoms with Gasteiger partial charge in [0.2, 0.25) is 23.6 Å². The van der Waals surface area contributed by atoms with E-state index in [1.54, 1.807) is 0 Å². The third-order valence-corrected chi connectivity index (χ3v) is 8.64. The predicted octanol–water partition coefficient (Wildman–Crippen LogP) is 3.97. The normalized spacial score (nSPS) is 11.9. The van der Waals surface area contributed by atoms with E-state index in [4.69, 9.17) is 48.5 Å². The molecule has 2 atom stereocenters. The number of aliphatic imine (C=N–C) groups is 2. The molecule has 362 valence electrons. The Morgan fingerprint density at radius 3 is 1.18 bits per heavy atom. The first-order valence-electron chi connectivity index (χ1n) is 20.8. The minimum atomic E-state index is -5.08. The van der Waals surface area contributed by atoms with Crippen molar-refractivity contribution in [3.63, 3.8) is 0 Å². The van der Waals surface area contributed by atoms with Crippen molar-refractivity contribution >= 4 is 47.5 Å². The fourth-order valence-electron chi connectivity index (χ4n) is 5.36. The zero-order valence-corrected chi connectivity index (χ0v) is 35.7. The summed E-state index contributed by atoms with van der Waals surface area (Å²) in [5.41, 5.74) is 26.8. The van der Waals surface area contributed by atoms with Crippen LogP contribution in [0.1, 0.15) is 148 Å². The van der Waals surface area contributed by atoms with Crippen LogP contribution < -0.4 is 44.6 Å². The van der Waals surface area contributed by atoms with Gasteiger partial charge in [0.25, 0.3) is 0 Å². The highest BCUT2D eigenvalue weighted by atomic mass is 19.4. The highest BCUT2D eigenvalue weighted by Gasteiger charge is 2.39. The first kappa shape index (κ1) is 61.2. The molecule has 15 N–H and O–H groups in total. The van der Waals surface area contributed by atoms with E-state index in [9.17, 15) is 45.5 Å². The number of unbranched alkanes of at least 4 members (excludes halogenated alkanes) is 16. The number of carboxylic acid groups (broad SMARTS) is 2. The summed E-state index contributed by atoms with van der Waals surface area (Å²) >= 11 is 0. The highest BCUT2D eigenvalue weighted by Crippen LogP contribution is 2.15. The molecule has 0 unspecified atom stereocenters. The summed E-state index contributed by atoms with van der Waals surface area (Å²) in [5.74, 6) is -7.74. The van der Waals surface area contributed by atoms with Crippen LogP contribution in [0.15, 0.2) is 9.98 Å². The molecule has 0 fully saturated rings. The number of rotatable bonds is 32. The summed E-state index contributed by atoms with van der Waals surface area (Å²) in [4.78, 5) is 75.4. The molecule has 18 nitrogen and oxygen atoms in total. The van der Waals surface area contributed by atoms with Crippen LogP contribution in [0.2, 0.25) is 0 Å². The maximum absolute atomic E-state index is 13.0. The zero-order chi connectivity index (χ0) is 48.0. The molecule has 0 bridgehead atoms. The summed E-state index contributed by atoms with van der Waals surface area (Å²) in [5, 5.41) is 22.1. The monoisotopic (exact) mass is 909 g/mol. The number of aliphatic carboxylic acids is 2. The topological polar surface area (TPSA) is 334 Å². The second-order valence-electron chi connectivity index (χ2n) is 14.3. The first-order valence-corrected chi connectivity index (χ1v) is 20.8. The average molecular weight is 909 g/mol. The zero-order valence-electron chi connectivity index (χ0n) is 35.7. The van der Waals surface area contributed by atoms with Gasteiger partial charge in [-0.05, 0) is 32.1 Å². The second kappa shape index (κ2) is 37.7. The number of nitrogens with two attached hydrogens (primary N) is 5. The SMILES string of the molecule is CCCCCCCCCCCCCCCCCCCC(=O)NCC(=O)N[C@@H](CCCN=C(N)N)C(=O)N[C@@H](CCCN=C(N)N)C(N)=O.O=C(O)C(F)(F)F.O=C(O)C(F)(F)F. The molecule has 0 aromatic rings. The Hall–Kier alpha value is -5.06. The Bertz CT molecular complexity index is 1310. The van der Waals surface area contributed by atoms with Gasteiger partial charge < -0.3 is 54.8 Å². The van der Waals surface area contributed by atoms with Gasteiger partial charge in [-0.2, -0.15) is 26.3 Å². The molecule has 0 aromatic heterocycles. The van der Waals surface area contributed by atoms with Crippen LogP contribution >= 0.6 is 0 Å². The van der Waals surface area contributed by atoms with E-state index in [0.717, 1.165) is 19.3 Å². The lowest BCUT2D eigenvalue weighted by Crippen LogP contribution is -2.54. The minimum Gasteiger partial charge on any atom is -0.475 e. The molecule has 0 saturated heterocycles. The Morgan fingerprint density at radius 2 is 0.855 bits per heavy atom. The number of carbonyl (C=O) groups excluding carboxylic acids is 4.